The molecule has 5 rings (SSSR count). The van der Waals surface area contributed by atoms with Crippen molar-refractivity contribution in [1.82, 2.24) is 14.9 Å². The lowest BCUT2D eigenvalue weighted by molar-refractivity contribution is -0.134. The average molecular weight is 534 g/mol. The number of hydrogen-bond donors (Lipinski definition) is 2. The molecule has 0 radical (unpaired) electrons. The molecule has 2 aromatic heterocycles. The van der Waals surface area contributed by atoms with Crippen molar-refractivity contribution >= 4 is 35.5 Å². The molecular weight excluding hydrogens is 502 g/mol. The lowest BCUT2D eigenvalue weighted by Gasteiger charge is -2.30. The van der Waals surface area contributed by atoms with Crippen molar-refractivity contribution in [2.75, 3.05) is 55.6 Å². The Labute approximate surface area is 226 Å². The molecule has 0 unspecified atom stereocenters. The van der Waals surface area contributed by atoms with Crippen LogP contribution in [0.25, 0.3) is 0 Å². The minimum absolute atomic E-state index is 0.0210. The summed E-state index contributed by atoms with van der Waals surface area (Å²) in [5, 5.41) is 15.6. The van der Waals surface area contributed by atoms with Gasteiger partial charge in [0.2, 0.25) is 5.91 Å². The minimum atomic E-state index is -0.436. The summed E-state index contributed by atoms with van der Waals surface area (Å²) in [5.41, 5.74) is 2.61. The van der Waals surface area contributed by atoms with Gasteiger partial charge in [-0.05, 0) is 37.3 Å². The molecule has 3 aliphatic rings. The van der Waals surface area contributed by atoms with Crippen LogP contribution in [0.2, 0.25) is 0 Å². The Balaban J connectivity index is 1.33. The van der Waals surface area contributed by atoms with Crippen molar-refractivity contribution in [3.05, 3.63) is 40.7 Å². The summed E-state index contributed by atoms with van der Waals surface area (Å²) in [6.07, 6.45) is 5.00. The van der Waals surface area contributed by atoms with Gasteiger partial charge in [0, 0.05) is 51.2 Å². The quantitative estimate of drug-likeness (QED) is 0.511. The fourth-order valence-corrected chi connectivity index (χ4v) is 5.14. The molecule has 2 aromatic rings. The maximum absolute atomic E-state index is 13.3. The number of carbonyl (C=O) groups is 3. The van der Waals surface area contributed by atoms with Crippen LogP contribution in [-0.4, -0.2) is 79.2 Å². The normalized spacial score (nSPS) is 20.2. The highest BCUT2D eigenvalue weighted by Crippen LogP contribution is 2.29. The molecule has 3 amide bonds. The van der Waals surface area contributed by atoms with E-state index in [1.54, 1.807) is 18.0 Å². The predicted molar refractivity (Wildman–Crippen MR) is 142 cm³/mol. The van der Waals surface area contributed by atoms with Crippen LogP contribution >= 0.6 is 0 Å². The van der Waals surface area contributed by atoms with Gasteiger partial charge in [-0.25, -0.2) is 14.8 Å². The number of pyridine rings is 2. The fraction of sp³-hybridized carbons (Fsp3) is 0.481. The molecule has 2 N–H and O–H groups in total. The van der Waals surface area contributed by atoms with Crippen LogP contribution in [0.5, 0.6) is 0 Å². The monoisotopic (exact) mass is 533 g/mol. The summed E-state index contributed by atoms with van der Waals surface area (Å²) in [5.74, 6) is 0.512. The molecule has 12 nitrogen and oxygen atoms in total. The first-order chi connectivity index (χ1) is 19.0. The number of rotatable bonds is 7. The Hall–Kier alpha value is -4.08. The van der Waals surface area contributed by atoms with Gasteiger partial charge in [-0.2, -0.15) is 5.26 Å². The van der Waals surface area contributed by atoms with E-state index in [0.717, 1.165) is 12.0 Å². The number of amides is 3. The van der Waals surface area contributed by atoms with Crippen molar-refractivity contribution in [3.8, 4) is 6.07 Å². The number of aryl methyl sites for hydroxylation is 1. The summed E-state index contributed by atoms with van der Waals surface area (Å²) in [7, 11) is 1.71. The molecule has 3 aliphatic heterocycles. The molecule has 0 bridgehead atoms. The molecule has 0 aromatic carbocycles. The average Bonchev–Trinajstić information content (AvgIpc) is 3.67. The number of hydrogen-bond acceptors (Lipinski definition) is 9. The molecule has 0 saturated carbocycles. The Kier molecular flexibility index (Phi) is 7.99. The van der Waals surface area contributed by atoms with Crippen LogP contribution in [0.1, 0.15) is 46.4 Å². The van der Waals surface area contributed by atoms with Gasteiger partial charge in [0.05, 0.1) is 36.4 Å². The van der Waals surface area contributed by atoms with Crippen molar-refractivity contribution < 1.29 is 23.9 Å². The Bertz CT molecular complexity index is 1300. The van der Waals surface area contributed by atoms with Gasteiger partial charge in [0.15, 0.2) is 6.29 Å². The van der Waals surface area contributed by atoms with Crippen molar-refractivity contribution in [1.29, 1.82) is 5.26 Å². The van der Waals surface area contributed by atoms with Crippen LogP contribution in [0, 0.1) is 17.2 Å². The molecule has 39 heavy (non-hydrogen) atoms. The third-order valence-electron chi connectivity index (χ3n) is 7.24. The van der Waals surface area contributed by atoms with E-state index in [0.29, 0.717) is 81.2 Å². The zero-order valence-electron chi connectivity index (χ0n) is 21.8. The van der Waals surface area contributed by atoms with E-state index >= 15 is 0 Å². The summed E-state index contributed by atoms with van der Waals surface area (Å²) in [6.45, 7) is 2.86. The minimum Gasteiger partial charge on any atom is -0.381 e. The summed E-state index contributed by atoms with van der Waals surface area (Å²) < 4.78 is 10.7. The first-order valence-corrected chi connectivity index (χ1v) is 13.1. The first kappa shape index (κ1) is 26.5. The molecule has 2 saturated heterocycles. The predicted octanol–water partition coefficient (Wildman–Crippen LogP) is 2.34. The van der Waals surface area contributed by atoms with E-state index in [4.69, 9.17) is 9.47 Å². The van der Waals surface area contributed by atoms with E-state index in [1.165, 1.54) is 11.1 Å². The van der Waals surface area contributed by atoms with Crippen molar-refractivity contribution in [2.24, 2.45) is 5.92 Å². The second-order valence-corrected chi connectivity index (χ2v) is 10.0. The summed E-state index contributed by atoms with van der Waals surface area (Å²) >= 11 is 0. The highest BCUT2D eigenvalue weighted by molar-refractivity contribution is 6.02. The maximum Gasteiger partial charge on any atom is 0.328 e. The van der Waals surface area contributed by atoms with E-state index in [2.05, 4.69) is 26.7 Å². The Morgan fingerprint density at radius 1 is 1.26 bits per heavy atom. The lowest BCUT2D eigenvalue weighted by atomic mass is 10.0. The van der Waals surface area contributed by atoms with Crippen LogP contribution in [0.3, 0.4) is 0 Å². The molecule has 0 aliphatic carbocycles. The van der Waals surface area contributed by atoms with Crippen molar-refractivity contribution in [3.63, 3.8) is 0 Å². The van der Waals surface area contributed by atoms with E-state index in [9.17, 15) is 19.6 Å². The topological polar surface area (TPSA) is 150 Å². The number of aromatic nitrogens is 2. The smallest absolute Gasteiger partial charge is 0.328 e. The zero-order valence-corrected chi connectivity index (χ0v) is 21.8. The largest absolute Gasteiger partial charge is 0.381 e. The number of nitriles is 1. The molecule has 2 atom stereocenters. The fourth-order valence-electron chi connectivity index (χ4n) is 5.14. The van der Waals surface area contributed by atoms with Gasteiger partial charge < -0.3 is 19.7 Å². The standard InChI is InChI=1S/C27H31N7O5/c1-33(26(36)18-4-7-38-15-18)13-19-9-17-3-2-6-34(25(17)31-23(19)14-35)27(37)32-24-10-22(20(11-28)12-29-24)30-21-5-8-39-16-21/h9-10,12,14,18,21H,2-8,13,15-16H2,1H3,(H2,29,30,32,37)/t18-,21+/m1/s1. The van der Waals surface area contributed by atoms with E-state index < -0.39 is 6.03 Å². The highest BCUT2D eigenvalue weighted by atomic mass is 16.5. The van der Waals surface area contributed by atoms with Gasteiger partial charge in [0.1, 0.15) is 23.4 Å². The first-order valence-electron chi connectivity index (χ1n) is 13.1. The van der Waals surface area contributed by atoms with Gasteiger partial charge in [-0.1, -0.05) is 0 Å². The third kappa shape index (κ3) is 5.84. The second-order valence-electron chi connectivity index (χ2n) is 10.0. The zero-order chi connectivity index (χ0) is 27.4. The summed E-state index contributed by atoms with van der Waals surface area (Å²) in [6, 6.07) is 5.26. The number of aldehydes is 1. The van der Waals surface area contributed by atoms with Crippen LogP contribution in [-0.2, 0) is 27.2 Å². The molecule has 204 valence electrons. The Morgan fingerprint density at radius 2 is 2.08 bits per heavy atom. The molecule has 12 heteroatoms. The van der Waals surface area contributed by atoms with Gasteiger partial charge in [-0.3, -0.25) is 19.8 Å². The summed E-state index contributed by atoms with van der Waals surface area (Å²) in [4.78, 5) is 49.9. The molecule has 2 fully saturated rings. The van der Waals surface area contributed by atoms with Crippen molar-refractivity contribution in [2.45, 2.75) is 38.3 Å². The number of nitrogens with one attached hydrogen (secondary N) is 2. The second kappa shape index (κ2) is 11.8. The maximum atomic E-state index is 13.3. The molecule has 5 heterocycles. The SMILES string of the molecule is CN(Cc1cc2c(nc1C=O)N(C(=O)Nc1cc(N[C@H]3CCOC3)c(C#N)cn1)CCC2)C(=O)[C@@H]1CCOC1. The lowest BCUT2D eigenvalue weighted by Crippen LogP contribution is -2.40. The number of ether oxygens (including phenoxy) is 2. The van der Waals surface area contributed by atoms with E-state index in [-0.39, 0.29) is 35.9 Å². The van der Waals surface area contributed by atoms with E-state index in [1.807, 2.05) is 6.07 Å². The van der Waals surface area contributed by atoms with Crippen LogP contribution in [0.4, 0.5) is 22.1 Å². The number of nitrogens with zero attached hydrogens (tertiary/aromatic N) is 5. The number of anilines is 3. The Morgan fingerprint density at radius 3 is 2.79 bits per heavy atom. The van der Waals surface area contributed by atoms with Gasteiger partial charge >= 0.3 is 6.03 Å². The number of fused-ring (bicyclic) bond motifs is 1. The number of carbonyl (C=O) groups excluding carboxylic acids is 3. The van der Waals surface area contributed by atoms with Crippen LogP contribution < -0.4 is 15.5 Å². The highest BCUT2D eigenvalue weighted by Gasteiger charge is 2.29. The van der Waals surface area contributed by atoms with Gasteiger partial charge in [-0.15, -0.1) is 0 Å². The third-order valence-corrected chi connectivity index (χ3v) is 7.24. The molecular formula is C27H31N7O5. The molecule has 0 spiro atoms. The number of urea groups is 1. The van der Waals surface area contributed by atoms with Gasteiger partial charge in [0.25, 0.3) is 0 Å². The van der Waals surface area contributed by atoms with Crippen LogP contribution in [0.15, 0.2) is 18.3 Å².